The second-order valence-electron chi connectivity index (χ2n) is 7.15. The lowest BCUT2D eigenvalue weighted by Crippen LogP contribution is -2.39. The highest BCUT2D eigenvalue weighted by Gasteiger charge is 2.36. The maximum Gasteiger partial charge on any atom is 0.244 e. The Morgan fingerprint density at radius 3 is 2.82 bits per heavy atom. The number of hydrogen-bond acceptors (Lipinski definition) is 6. The molecule has 1 aromatic carbocycles. The molecular formula is C20H22ClN5O2. The molecule has 8 heteroatoms. The van der Waals surface area contributed by atoms with Gasteiger partial charge >= 0.3 is 0 Å². The van der Waals surface area contributed by atoms with Crippen molar-refractivity contribution in [3.05, 3.63) is 46.4 Å². The minimum Gasteiger partial charge on any atom is -0.443 e. The van der Waals surface area contributed by atoms with E-state index in [1.807, 2.05) is 44.0 Å². The minimum absolute atomic E-state index is 0.0225. The van der Waals surface area contributed by atoms with Crippen LogP contribution in [0.4, 0.5) is 11.5 Å². The molecule has 7 nitrogen and oxygen atoms in total. The van der Waals surface area contributed by atoms with Crippen LogP contribution in [-0.2, 0) is 11.3 Å². The molecule has 2 aromatic heterocycles. The number of nitrogens with two attached hydrogens (primary N) is 1. The van der Waals surface area contributed by atoms with Crippen molar-refractivity contribution in [1.82, 2.24) is 14.9 Å². The van der Waals surface area contributed by atoms with Crippen LogP contribution in [0.5, 0.6) is 0 Å². The number of benzene rings is 1. The van der Waals surface area contributed by atoms with Gasteiger partial charge in [-0.15, -0.1) is 0 Å². The number of furan rings is 1. The lowest BCUT2D eigenvalue weighted by atomic mass is 10.2. The summed E-state index contributed by atoms with van der Waals surface area (Å²) in [7, 11) is 1.89. The number of halogens is 1. The molecule has 0 radical (unpaired) electrons. The largest absolute Gasteiger partial charge is 0.443 e. The molecule has 0 unspecified atom stereocenters. The second kappa shape index (κ2) is 7.07. The first-order valence-corrected chi connectivity index (χ1v) is 9.53. The molecule has 3 aromatic rings. The number of fused-ring (bicyclic) bond motifs is 1. The topological polar surface area (TPSA) is 88.5 Å². The number of likely N-dealkylation sites (N-methyl/N-ethyl adjacent to an activating group) is 1. The van der Waals surface area contributed by atoms with Gasteiger partial charge in [0.1, 0.15) is 17.4 Å². The zero-order valence-electron chi connectivity index (χ0n) is 16.1. The maximum absolute atomic E-state index is 13.0. The molecule has 0 aliphatic carbocycles. The molecule has 2 N–H and O–H groups in total. The third kappa shape index (κ3) is 3.10. The van der Waals surface area contributed by atoms with Gasteiger partial charge in [0.2, 0.25) is 11.6 Å². The third-order valence-electron chi connectivity index (χ3n) is 5.35. The smallest absolute Gasteiger partial charge is 0.244 e. The Hall–Kier alpha value is -2.64. The van der Waals surface area contributed by atoms with E-state index in [1.54, 1.807) is 11.0 Å². The Morgan fingerprint density at radius 2 is 2.07 bits per heavy atom. The maximum atomic E-state index is 13.0. The number of anilines is 2. The van der Waals surface area contributed by atoms with E-state index in [-0.39, 0.29) is 11.9 Å². The molecule has 146 valence electrons. The Labute approximate surface area is 168 Å². The summed E-state index contributed by atoms with van der Waals surface area (Å²) in [6, 6.07) is 7.12. The molecule has 1 aliphatic rings. The molecule has 1 atom stereocenters. The van der Waals surface area contributed by atoms with Crippen LogP contribution in [0.3, 0.4) is 0 Å². The molecule has 1 amide bonds. The SMILES string of the molecule is Cc1oc2nc(CN(C)[C@H]3CCN(c4ccccc4Cl)C3=O)nc(N)c2c1C. The number of amides is 1. The molecule has 28 heavy (non-hydrogen) atoms. The van der Waals surface area contributed by atoms with Crippen LogP contribution in [0.1, 0.15) is 23.6 Å². The second-order valence-corrected chi connectivity index (χ2v) is 7.56. The van der Waals surface area contributed by atoms with E-state index in [9.17, 15) is 4.79 Å². The van der Waals surface area contributed by atoms with Crippen LogP contribution in [0.25, 0.3) is 11.1 Å². The molecule has 0 spiro atoms. The van der Waals surface area contributed by atoms with Crippen molar-refractivity contribution in [3.63, 3.8) is 0 Å². The lowest BCUT2D eigenvalue weighted by Gasteiger charge is -2.23. The van der Waals surface area contributed by atoms with E-state index >= 15 is 0 Å². The van der Waals surface area contributed by atoms with E-state index in [2.05, 4.69) is 9.97 Å². The molecule has 0 bridgehead atoms. The predicted octanol–water partition coefficient (Wildman–Crippen LogP) is 3.31. The fraction of sp³-hybridized carbons (Fsp3) is 0.350. The molecule has 4 rings (SSSR count). The van der Waals surface area contributed by atoms with Crippen LogP contribution in [0.2, 0.25) is 5.02 Å². The van der Waals surface area contributed by atoms with Gasteiger partial charge in [-0.3, -0.25) is 9.69 Å². The summed E-state index contributed by atoms with van der Waals surface area (Å²) in [5.74, 6) is 1.74. The van der Waals surface area contributed by atoms with E-state index < -0.39 is 0 Å². The van der Waals surface area contributed by atoms with E-state index in [1.165, 1.54) is 0 Å². The Balaban J connectivity index is 1.54. The van der Waals surface area contributed by atoms with E-state index in [0.717, 1.165) is 22.4 Å². The number of rotatable bonds is 4. The Morgan fingerprint density at radius 1 is 1.32 bits per heavy atom. The predicted molar refractivity (Wildman–Crippen MR) is 109 cm³/mol. The highest BCUT2D eigenvalue weighted by atomic mass is 35.5. The number of hydrogen-bond donors (Lipinski definition) is 1. The van der Waals surface area contributed by atoms with Gasteiger partial charge < -0.3 is 15.1 Å². The lowest BCUT2D eigenvalue weighted by molar-refractivity contribution is -0.121. The van der Waals surface area contributed by atoms with Gasteiger partial charge in [-0.05, 0) is 39.4 Å². The van der Waals surface area contributed by atoms with Crippen molar-refractivity contribution in [3.8, 4) is 0 Å². The summed E-state index contributed by atoms with van der Waals surface area (Å²) >= 11 is 6.26. The van der Waals surface area contributed by atoms with Gasteiger partial charge in [-0.2, -0.15) is 4.98 Å². The molecule has 1 aliphatic heterocycles. The van der Waals surface area contributed by atoms with Gasteiger partial charge in [-0.25, -0.2) is 4.98 Å². The van der Waals surface area contributed by atoms with Crippen molar-refractivity contribution in [2.45, 2.75) is 32.9 Å². The summed E-state index contributed by atoms with van der Waals surface area (Å²) in [6.45, 7) is 4.83. The minimum atomic E-state index is -0.267. The van der Waals surface area contributed by atoms with Gasteiger partial charge in [-0.1, -0.05) is 23.7 Å². The number of nitrogen functional groups attached to an aromatic ring is 1. The van der Waals surface area contributed by atoms with Crippen LogP contribution < -0.4 is 10.6 Å². The summed E-state index contributed by atoms with van der Waals surface area (Å²) in [5.41, 5.74) is 8.31. The number of nitrogens with zero attached hydrogens (tertiary/aromatic N) is 4. The quantitative estimate of drug-likeness (QED) is 0.724. The summed E-state index contributed by atoms with van der Waals surface area (Å²) in [6.07, 6.45) is 0.706. The normalized spacial score (nSPS) is 17.2. The number of aryl methyl sites for hydroxylation is 2. The van der Waals surface area contributed by atoms with Crippen LogP contribution >= 0.6 is 11.6 Å². The number of carbonyl (C=O) groups excluding carboxylic acids is 1. The van der Waals surface area contributed by atoms with Gasteiger partial charge in [0.25, 0.3) is 0 Å². The van der Waals surface area contributed by atoms with Gasteiger partial charge in [0.05, 0.1) is 28.7 Å². The number of carbonyl (C=O) groups is 1. The first-order valence-electron chi connectivity index (χ1n) is 9.15. The van der Waals surface area contributed by atoms with Crippen LogP contribution in [0.15, 0.2) is 28.7 Å². The van der Waals surface area contributed by atoms with Crippen molar-refractivity contribution in [1.29, 1.82) is 0 Å². The van der Waals surface area contributed by atoms with Gasteiger partial charge in [0, 0.05) is 12.1 Å². The monoisotopic (exact) mass is 399 g/mol. The van der Waals surface area contributed by atoms with E-state index in [0.29, 0.717) is 41.9 Å². The van der Waals surface area contributed by atoms with Crippen LogP contribution in [-0.4, -0.2) is 40.4 Å². The zero-order valence-corrected chi connectivity index (χ0v) is 16.8. The summed E-state index contributed by atoms with van der Waals surface area (Å²) < 4.78 is 5.70. The third-order valence-corrected chi connectivity index (χ3v) is 5.67. The molecule has 1 saturated heterocycles. The number of para-hydroxylation sites is 1. The van der Waals surface area contributed by atoms with Crippen molar-refractivity contribution < 1.29 is 9.21 Å². The van der Waals surface area contributed by atoms with Crippen molar-refractivity contribution >= 4 is 40.1 Å². The highest BCUT2D eigenvalue weighted by molar-refractivity contribution is 6.33. The standard InChI is InChI=1S/C20H22ClN5O2/c1-11-12(2)28-19-17(11)18(22)23-16(24-19)10-25(3)15-8-9-26(20(15)27)14-7-5-4-6-13(14)21/h4-7,15H,8-10H2,1-3H3,(H2,22,23,24)/t15-/m0/s1. The van der Waals surface area contributed by atoms with Crippen molar-refractivity contribution in [2.24, 2.45) is 0 Å². The Bertz CT molecular complexity index is 1060. The first kappa shape index (κ1) is 18.7. The molecule has 3 heterocycles. The fourth-order valence-electron chi connectivity index (χ4n) is 3.71. The number of aromatic nitrogens is 2. The zero-order chi connectivity index (χ0) is 20.0. The molecule has 0 saturated carbocycles. The van der Waals surface area contributed by atoms with Crippen molar-refractivity contribution in [2.75, 3.05) is 24.2 Å². The Kier molecular flexibility index (Phi) is 4.72. The molecule has 1 fully saturated rings. The highest BCUT2D eigenvalue weighted by Crippen LogP contribution is 2.31. The van der Waals surface area contributed by atoms with Crippen LogP contribution in [0, 0.1) is 13.8 Å². The molecular weight excluding hydrogens is 378 g/mol. The first-order chi connectivity index (χ1) is 13.4. The average Bonchev–Trinajstić information content (AvgIpc) is 3.15. The average molecular weight is 400 g/mol. The summed E-state index contributed by atoms with van der Waals surface area (Å²) in [5, 5.41) is 1.33. The van der Waals surface area contributed by atoms with E-state index in [4.69, 9.17) is 21.8 Å². The fourth-order valence-corrected chi connectivity index (χ4v) is 3.95. The summed E-state index contributed by atoms with van der Waals surface area (Å²) in [4.78, 5) is 25.6. The van der Waals surface area contributed by atoms with Gasteiger partial charge in [0.15, 0.2) is 0 Å².